The average Bonchev–Trinajstić information content (AvgIpc) is 2.47. The van der Waals surface area contributed by atoms with Gasteiger partial charge in [-0.25, -0.2) is 8.42 Å². The van der Waals surface area contributed by atoms with E-state index < -0.39 is 20.6 Å². The summed E-state index contributed by atoms with van der Waals surface area (Å²) in [6, 6.07) is 3.79. The predicted molar refractivity (Wildman–Crippen MR) is 72.3 cm³/mol. The van der Waals surface area contributed by atoms with Crippen LogP contribution in [-0.4, -0.2) is 37.8 Å². The second-order valence-corrected chi connectivity index (χ2v) is 6.46. The summed E-state index contributed by atoms with van der Waals surface area (Å²) >= 11 is 0. The van der Waals surface area contributed by atoms with Crippen molar-refractivity contribution >= 4 is 15.7 Å². The number of nitro groups is 1. The molecule has 1 fully saturated rings. The van der Waals surface area contributed by atoms with Crippen LogP contribution < -0.4 is 4.74 Å². The van der Waals surface area contributed by atoms with Gasteiger partial charge in [0.15, 0.2) is 4.90 Å². The SMILES string of the molecule is COc1ccc(S(=O)(=O)N2CCCCC2)c([N+](=O)[O-])c1. The highest BCUT2D eigenvalue weighted by Gasteiger charge is 2.32. The number of hydrogen-bond donors (Lipinski definition) is 0. The van der Waals surface area contributed by atoms with E-state index in [1.165, 1.54) is 23.5 Å². The number of sulfonamides is 1. The van der Waals surface area contributed by atoms with E-state index in [0.29, 0.717) is 13.1 Å². The lowest BCUT2D eigenvalue weighted by Crippen LogP contribution is -2.35. The minimum absolute atomic E-state index is 0.259. The molecule has 2 rings (SSSR count). The number of piperidine rings is 1. The summed E-state index contributed by atoms with van der Waals surface area (Å²) in [5.41, 5.74) is -0.449. The Morgan fingerprint density at radius 3 is 2.45 bits per heavy atom. The molecule has 20 heavy (non-hydrogen) atoms. The van der Waals surface area contributed by atoms with Gasteiger partial charge in [0.1, 0.15) is 5.75 Å². The van der Waals surface area contributed by atoms with Gasteiger partial charge in [-0.2, -0.15) is 4.31 Å². The molecule has 8 heteroatoms. The molecular weight excluding hydrogens is 284 g/mol. The third-order valence-electron chi connectivity index (χ3n) is 3.30. The summed E-state index contributed by atoms with van der Waals surface area (Å²) in [5, 5.41) is 11.1. The fourth-order valence-corrected chi connectivity index (χ4v) is 3.88. The van der Waals surface area contributed by atoms with Gasteiger partial charge in [0, 0.05) is 13.1 Å². The van der Waals surface area contributed by atoms with Crippen molar-refractivity contribution in [3.8, 4) is 5.75 Å². The van der Waals surface area contributed by atoms with Crippen molar-refractivity contribution in [3.05, 3.63) is 28.3 Å². The fourth-order valence-electron chi connectivity index (χ4n) is 2.23. The maximum atomic E-state index is 12.5. The Labute approximate surface area is 117 Å². The number of rotatable bonds is 4. The lowest BCUT2D eigenvalue weighted by Gasteiger charge is -2.25. The van der Waals surface area contributed by atoms with Crippen molar-refractivity contribution in [1.82, 2.24) is 4.31 Å². The topological polar surface area (TPSA) is 89.8 Å². The molecule has 1 saturated heterocycles. The van der Waals surface area contributed by atoms with Crippen LogP contribution in [0.2, 0.25) is 0 Å². The smallest absolute Gasteiger partial charge is 0.293 e. The molecule has 0 atom stereocenters. The summed E-state index contributed by atoms with van der Waals surface area (Å²) < 4.78 is 31.2. The van der Waals surface area contributed by atoms with Gasteiger partial charge in [0.25, 0.3) is 5.69 Å². The number of nitro benzene ring substituents is 1. The minimum Gasteiger partial charge on any atom is -0.497 e. The highest BCUT2D eigenvalue weighted by atomic mass is 32.2. The standard InChI is InChI=1S/C12H16N2O5S/c1-19-10-5-6-12(11(9-10)14(15)16)20(17,18)13-7-3-2-4-8-13/h5-6,9H,2-4,7-8H2,1H3. The zero-order chi connectivity index (χ0) is 14.8. The van der Waals surface area contributed by atoms with Crippen LogP contribution in [0, 0.1) is 10.1 Å². The van der Waals surface area contributed by atoms with Gasteiger partial charge < -0.3 is 4.74 Å². The molecule has 0 bridgehead atoms. The third kappa shape index (κ3) is 2.75. The normalized spacial score (nSPS) is 16.9. The van der Waals surface area contributed by atoms with Crippen LogP contribution in [0.15, 0.2) is 23.1 Å². The van der Waals surface area contributed by atoms with E-state index in [0.717, 1.165) is 25.3 Å². The van der Waals surface area contributed by atoms with E-state index in [-0.39, 0.29) is 10.6 Å². The van der Waals surface area contributed by atoms with E-state index in [1.54, 1.807) is 0 Å². The van der Waals surface area contributed by atoms with E-state index in [2.05, 4.69) is 0 Å². The molecular formula is C12H16N2O5S. The molecule has 0 amide bonds. The maximum Gasteiger partial charge on any atom is 0.293 e. The zero-order valence-corrected chi connectivity index (χ0v) is 11.9. The molecule has 0 aromatic heterocycles. The van der Waals surface area contributed by atoms with Gasteiger partial charge in [-0.05, 0) is 25.0 Å². The van der Waals surface area contributed by atoms with E-state index in [4.69, 9.17) is 4.74 Å². The molecule has 0 radical (unpaired) electrons. The Morgan fingerprint density at radius 2 is 1.90 bits per heavy atom. The van der Waals surface area contributed by atoms with Crippen molar-refractivity contribution in [2.45, 2.75) is 24.2 Å². The predicted octanol–water partition coefficient (Wildman–Crippen LogP) is 1.78. The van der Waals surface area contributed by atoms with Gasteiger partial charge in [0.2, 0.25) is 10.0 Å². The van der Waals surface area contributed by atoms with Gasteiger partial charge in [-0.15, -0.1) is 0 Å². The first-order valence-electron chi connectivity index (χ1n) is 6.29. The molecule has 0 spiro atoms. The Hall–Kier alpha value is -1.67. The van der Waals surface area contributed by atoms with E-state index in [9.17, 15) is 18.5 Å². The molecule has 0 unspecified atom stereocenters. The molecule has 1 heterocycles. The third-order valence-corrected chi connectivity index (χ3v) is 5.24. The van der Waals surface area contributed by atoms with Gasteiger partial charge in [0.05, 0.1) is 18.1 Å². The molecule has 0 saturated carbocycles. The first-order valence-corrected chi connectivity index (χ1v) is 7.73. The van der Waals surface area contributed by atoms with E-state index in [1.807, 2.05) is 0 Å². The number of ether oxygens (including phenoxy) is 1. The Morgan fingerprint density at radius 1 is 1.25 bits per heavy atom. The van der Waals surface area contributed by atoms with Crippen LogP contribution >= 0.6 is 0 Å². The first kappa shape index (κ1) is 14.7. The van der Waals surface area contributed by atoms with Crippen LogP contribution in [0.3, 0.4) is 0 Å². The van der Waals surface area contributed by atoms with Gasteiger partial charge in [-0.1, -0.05) is 6.42 Å². The second-order valence-electron chi connectivity index (χ2n) is 4.56. The number of hydrogen-bond acceptors (Lipinski definition) is 5. The lowest BCUT2D eigenvalue weighted by molar-refractivity contribution is -0.387. The Kier molecular flexibility index (Phi) is 4.24. The van der Waals surface area contributed by atoms with Crippen molar-refractivity contribution < 1.29 is 18.1 Å². The van der Waals surface area contributed by atoms with Crippen LogP contribution in [0.4, 0.5) is 5.69 Å². The van der Waals surface area contributed by atoms with Crippen LogP contribution in [0.5, 0.6) is 5.75 Å². The van der Waals surface area contributed by atoms with Crippen molar-refractivity contribution in [1.29, 1.82) is 0 Å². The van der Waals surface area contributed by atoms with E-state index >= 15 is 0 Å². The second kappa shape index (κ2) is 5.76. The summed E-state index contributed by atoms with van der Waals surface area (Å²) in [7, 11) is -2.45. The number of benzene rings is 1. The molecule has 0 N–H and O–H groups in total. The number of nitrogens with zero attached hydrogens (tertiary/aromatic N) is 2. The number of methoxy groups -OCH3 is 1. The lowest BCUT2D eigenvalue weighted by atomic mass is 10.2. The molecule has 1 aromatic carbocycles. The molecule has 1 aromatic rings. The Balaban J connectivity index is 2.47. The minimum atomic E-state index is -3.83. The van der Waals surface area contributed by atoms with Crippen molar-refractivity contribution in [3.63, 3.8) is 0 Å². The molecule has 1 aliphatic heterocycles. The van der Waals surface area contributed by atoms with Crippen LogP contribution in [-0.2, 0) is 10.0 Å². The first-order chi connectivity index (χ1) is 9.46. The monoisotopic (exact) mass is 300 g/mol. The van der Waals surface area contributed by atoms with Crippen LogP contribution in [0.25, 0.3) is 0 Å². The molecule has 0 aliphatic carbocycles. The van der Waals surface area contributed by atoms with Gasteiger partial charge >= 0.3 is 0 Å². The fraction of sp³-hybridized carbons (Fsp3) is 0.500. The quantitative estimate of drug-likeness (QED) is 0.624. The van der Waals surface area contributed by atoms with Crippen LogP contribution in [0.1, 0.15) is 19.3 Å². The Bertz CT molecular complexity index is 608. The van der Waals surface area contributed by atoms with Crippen molar-refractivity contribution in [2.75, 3.05) is 20.2 Å². The largest absolute Gasteiger partial charge is 0.497 e. The molecule has 7 nitrogen and oxygen atoms in total. The summed E-state index contributed by atoms with van der Waals surface area (Å²) in [6.07, 6.45) is 2.54. The summed E-state index contributed by atoms with van der Waals surface area (Å²) in [6.45, 7) is 0.817. The summed E-state index contributed by atoms with van der Waals surface area (Å²) in [4.78, 5) is 10.1. The zero-order valence-electron chi connectivity index (χ0n) is 11.1. The molecule has 110 valence electrons. The molecule has 1 aliphatic rings. The van der Waals surface area contributed by atoms with Gasteiger partial charge in [-0.3, -0.25) is 10.1 Å². The summed E-state index contributed by atoms with van der Waals surface area (Å²) in [5.74, 6) is 0.259. The van der Waals surface area contributed by atoms with Crippen molar-refractivity contribution in [2.24, 2.45) is 0 Å². The highest BCUT2D eigenvalue weighted by Crippen LogP contribution is 2.31. The average molecular weight is 300 g/mol. The highest BCUT2D eigenvalue weighted by molar-refractivity contribution is 7.89. The maximum absolute atomic E-state index is 12.5.